The Balaban J connectivity index is 1.58. The van der Waals surface area contributed by atoms with E-state index in [1.807, 2.05) is 0 Å². The van der Waals surface area contributed by atoms with Crippen molar-refractivity contribution in [1.29, 1.82) is 0 Å². The molecule has 0 aliphatic rings. The molecular formula is C34H58N2S2+2. The highest BCUT2D eigenvalue weighted by molar-refractivity contribution is 7.80. The van der Waals surface area contributed by atoms with Crippen LogP contribution in [0.1, 0.15) is 140 Å². The molecule has 2 aromatic rings. The molecule has 38 heavy (non-hydrogen) atoms. The third-order valence-electron chi connectivity index (χ3n) is 7.77. The summed E-state index contributed by atoms with van der Waals surface area (Å²) in [6.45, 7) is 0. The molecule has 0 saturated carbocycles. The van der Waals surface area contributed by atoms with Crippen LogP contribution in [-0.4, -0.2) is 11.5 Å². The Hall–Kier alpha value is -1.00. The minimum absolute atomic E-state index is 1.05. The topological polar surface area (TPSA) is 28.3 Å². The number of aromatic amines is 2. The van der Waals surface area contributed by atoms with E-state index in [1.165, 1.54) is 164 Å². The number of hydrogen-bond acceptors (Lipinski definition) is 2. The quantitative estimate of drug-likeness (QED) is 0.0897. The zero-order valence-electron chi connectivity index (χ0n) is 24.3. The smallest absolute Gasteiger partial charge is 0.206 e. The molecule has 2 nitrogen and oxygen atoms in total. The summed E-state index contributed by atoms with van der Waals surface area (Å²) in [7, 11) is 0. The van der Waals surface area contributed by atoms with Gasteiger partial charge in [0.1, 0.15) is 0 Å². The molecule has 4 heteroatoms. The molecule has 0 amide bonds. The summed E-state index contributed by atoms with van der Waals surface area (Å²) in [4.78, 5) is 6.94. The van der Waals surface area contributed by atoms with Gasteiger partial charge in [-0.15, -0.1) is 0 Å². The molecular weight excluding hydrogens is 501 g/mol. The molecule has 0 fully saturated rings. The summed E-state index contributed by atoms with van der Waals surface area (Å²) in [5, 5.41) is 0. The first-order valence-electron chi connectivity index (χ1n) is 16.1. The van der Waals surface area contributed by atoms with Crippen LogP contribution in [0.15, 0.2) is 36.7 Å². The molecule has 2 aromatic heterocycles. The van der Waals surface area contributed by atoms with Crippen molar-refractivity contribution in [3.8, 4) is 11.4 Å². The van der Waals surface area contributed by atoms with Gasteiger partial charge in [0.25, 0.3) is 11.4 Å². The first-order valence-corrected chi connectivity index (χ1v) is 17.3. The summed E-state index contributed by atoms with van der Waals surface area (Å²) in [6, 6.07) is 9.19. The van der Waals surface area contributed by atoms with Crippen LogP contribution in [0.4, 0.5) is 0 Å². The van der Waals surface area contributed by atoms with Crippen LogP contribution in [0.5, 0.6) is 0 Å². The van der Waals surface area contributed by atoms with Gasteiger partial charge in [-0.05, 0) is 61.2 Å². The van der Waals surface area contributed by atoms with Crippen LogP contribution < -0.4 is 9.97 Å². The highest BCUT2D eigenvalue weighted by Gasteiger charge is 2.14. The number of nitrogens with one attached hydrogen (secondary N) is 2. The van der Waals surface area contributed by atoms with Crippen molar-refractivity contribution in [3.63, 3.8) is 0 Å². The third-order valence-corrected chi connectivity index (χ3v) is 8.40. The number of H-pyrrole nitrogens is 2. The van der Waals surface area contributed by atoms with Gasteiger partial charge in [0.15, 0.2) is 12.4 Å². The number of thiol groups is 2. The highest BCUT2D eigenvalue weighted by Crippen LogP contribution is 2.17. The Kier molecular flexibility index (Phi) is 20.8. The predicted octanol–water partition coefficient (Wildman–Crippen LogP) is 9.73. The lowest BCUT2D eigenvalue weighted by molar-refractivity contribution is -0.402. The lowest BCUT2D eigenvalue weighted by Crippen LogP contribution is -2.15. The van der Waals surface area contributed by atoms with E-state index >= 15 is 0 Å². The number of hydrogen-bond donors (Lipinski definition) is 2. The molecule has 2 N–H and O–H groups in total. The number of rotatable bonds is 25. The second-order valence-corrected chi connectivity index (χ2v) is 12.1. The number of pyridine rings is 2. The van der Waals surface area contributed by atoms with E-state index < -0.39 is 0 Å². The van der Waals surface area contributed by atoms with E-state index in [0.29, 0.717) is 0 Å². The van der Waals surface area contributed by atoms with Crippen molar-refractivity contribution >= 4 is 25.3 Å². The van der Waals surface area contributed by atoms with Crippen molar-refractivity contribution in [2.45, 2.75) is 141 Å². The number of unbranched alkanes of at least 4 members (excludes halogenated alkanes) is 18. The van der Waals surface area contributed by atoms with E-state index in [-0.39, 0.29) is 0 Å². The van der Waals surface area contributed by atoms with Crippen molar-refractivity contribution < 1.29 is 9.97 Å². The van der Waals surface area contributed by atoms with E-state index in [9.17, 15) is 0 Å². The maximum absolute atomic E-state index is 4.29. The van der Waals surface area contributed by atoms with Gasteiger partial charge in [0.2, 0.25) is 0 Å². The van der Waals surface area contributed by atoms with Crippen LogP contribution in [0.25, 0.3) is 11.4 Å². The molecule has 0 atom stereocenters. The van der Waals surface area contributed by atoms with E-state index in [4.69, 9.17) is 0 Å². The Bertz CT molecular complexity index is 743. The molecule has 0 aliphatic heterocycles. The molecule has 0 spiro atoms. The van der Waals surface area contributed by atoms with Crippen molar-refractivity contribution in [3.05, 3.63) is 47.8 Å². The van der Waals surface area contributed by atoms with E-state index in [0.717, 1.165) is 11.5 Å². The van der Waals surface area contributed by atoms with Gasteiger partial charge in [-0.1, -0.05) is 103 Å². The van der Waals surface area contributed by atoms with Crippen molar-refractivity contribution in [2.75, 3.05) is 11.5 Å². The minimum Gasteiger partial charge on any atom is -0.206 e. The molecule has 0 saturated heterocycles. The van der Waals surface area contributed by atoms with Crippen LogP contribution in [0, 0.1) is 0 Å². The highest BCUT2D eigenvalue weighted by atomic mass is 32.1. The standard InChI is InChI=1S/C34H56N2S2/c37-27-19-15-11-7-3-1-5-9-13-17-21-31-23-25-35-33(29-31)34-30-32(24-26-36-34)22-18-14-10-6-2-4-8-12-16-20-28-38/h23-26,29-30,37-38H,1-22,27-28H2/p+2. The second kappa shape index (κ2) is 23.9. The zero-order chi connectivity index (χ0) is 26.9. The maximum Gasteiger partial charge on any atom is 0.275 e. The maximum atomic E-state index is 4.29. The fourth-order valence-electron chi connectivity index (χ4n) is 5.36. The molecule has 0 radical (unpaired) electrons. The van der Waals surface area contributed by atoms with Gasteiger partial charge in [-0.25, -0.2) is 9.97 Å². The van der Waals surface area contributed by atoms with Crippen LogP contribution in [0.2, 0.25) is 0 Å². The molecule has 0 aromatic carbocycles. The zero-order valence-corrected chi connectivity index (χ0v) is 26.1. The molecule has 2 rings (SSSR count). The van der Waals surface area contributed by atoms with E-state index in [2.05, 4.69) is 71.9 Å². The van der Waals surface area contributed by atoms with Crippen molar-refractivity contribution in [2.24, 2.45) is 0 Å². The summed E-state index contributed by atoms with van der Waals surface area (Å²) in [6.07, 6.45) is 34.0. The largest absolute Gasteiger partial charge is 0.275 e. The molecule has 0 aliphatic carbocycles. The Morgan fingerprint density at radius 3 is 1.00 bits per heavy atom. The number of aromatic nitrogens is 2. The molecule has 214 valence electrons. The molecule has 0 unspecified atom stereocenters. The summed E-state index contributed by atoms with van der Waals surface area (Å²) < 4.78 is 0. The van der Waals surface area contributed by atoms with Gasteiger partial charge >= 0.3 is 0 Å². The number of aryl methyl sites for hydroxylation is 2. The summed E-state index contributed by atoms with van der Waals surface area (Å²) in [5.74, 6) is 2.09. The van der Waals surface area contributed by atoms with Gasteiger partial charge in [0, 0.05) is 24.3 Å². The van der Waals surface area contributed by atoms with Gasteiger partial charge in [-0.2, -0.15) is 25.3 Å². The monoisotopic (exact) mass is 558 g/mol. The fraction of sp³-hybridized carbons (Fsp3) is 0.706. The minimum atomic E-state index is 1.05. The molecule has 0 bridgehead atoms. The second-order valence-electron chi connectivity index (χ2n) is 11.2. The first-order chi connectivity index (χ1) is 18.8. The Morgan fingerprint density at radius 1 is 0.395 bits per heavy atom. The fourth-order valence-corrected chi connectivity index (χ4v) is 5.81. The van der Waals surface area contributed by atoms with E-state index in [1.54, 1.807) is 0 Å². The van der Waals surface area contributed by atoms with Gasteiger partial charge < -0.3 is 0 Å². The van der Waals surface area contributed by atoms with Gasteiger partial charge in [0.05, 0.1) is 0 Å². The SMILES string of the molecule is SCCCCCCCCCCCCc1cc[nH+]c(-c2cc(CCCCCCCCCCCCS)cc[nH+]2)c1. The lowest BCUT2D eigenvalue weighted by Gasteiger charge is -2.04. The predicted molar refractivity (Wildman–Crippen MR) is 172 cm³/mol. The lowest BCUT2D eigenvalue weighted by atomic mass is 10.0. The average Bonchev–Trinajstić information content (AvgIpc) is 2.95. The van der Waals surface area contributed by atoms with Crippen molar-refractivity contribution in [1.82, 2.24) is 0 Å². The van der Waals surface area contributed by atoms with Crippen LogP contribution >= 0.6 is 25.3 Å². The van der Waals surface area contributed by atoms with Crippen LogP contribution in [0.3, 0.4) is 0 Å². The molecule has 2 heterocycles. The average molecular weight is 559 g/mol. The van der Waals surface area contributed by atoms with Crippen LogP contribution in [-0.2, 0) is 12.8 Å². The Morgan fingerprint density at radius 2 is 0.684 bits per heavy atom. The Labute approximate surface area is 246 Å². The van der Waals surface area contributed by atoms with Gasteiger partial charge in [-0.3, -0.25) is 0 Å². The summed E-state index contributed by atoms with van der Waals surface area (Å²) in [5.41, 5.74) is 5.31. The first kappa shape index (κ1) is 33.2. The summed E-state index contributed by atoms with van der Waals surface area (Å²) >= 11 is 8.59. The normalized spacial score (nSPS) is 11.3. The third kappa shape index (κ3) is 16.9.